The van der Waals surface area contributed by atoms with Crippen molar-refractivity contribution in [3.05, 3.63) is 67.0 Å². The first-order valence-electron chi connectivity index (χ1n) is 9.49. The fourth-order valence-corrected chi connectivity index (χ4v) is 3.92. The molecule has 3 rings (SSSR count). The molecule has 0 spiro atoms. The quantitative estimate of drug-likeness (QED) is 0.751. The summed E-state index contributed by atoms with van der Waals surface area (Å²) in [7, 11) is 0. The van der Waals surface area contributed by atoms with Crippen LogP contribution in [0.4, 0.5) is 0 Å². The van der Waals surface area contributed by atoms with E-state index in [1.54, 1.807) is 24.3 Å². The standard InChI is InChI=1S/C21H24Cl2N2O2/c1-2-3-10-25-19-7-5-4-6-14(19)12-17(21(25)27)20(26)24-13-15-11-16(22)8-9-18(15)23/h8-9,11-12H,2-7,10,13H2,1H3,(H,24,26). The van der Waals surface area contributed by atoms with Gasteiger partial charge in [0.2, 0.25) is 0 Å². The molecule has 4 nitrogen and oxygen atoms in total. The molecular weight excluding hydrogens is 383 g/mol. The van der Waals surface area contributed by atoms with Crippen LogP contribution in [0.1, 0.15) is 59.8 Å². The van der Waals surface area contributed by atoms with E-state index in [1.807, 2.05) is 4.57 Å². The maximum Gasteiger partial charge on any atom is 0.263 e. The van der Waals surface area contributed by atoms with Crippen molar-refractivity contribution in [2.24, 2.45) is 0 Å². The maximum absolute atomic E-state index is 13.0. The van der Waals surface area contributed by atoms with Gasteiger partial charge in [0.25, 0.3) is 11.5 Å². The van der Waals surface area contributed by atoms with E-state index >= 15 is 0 Å². The van der Waals surface area contributed by atoms with Crippen LogP contribution in [0.25, 0.3) is 0 Å². The SMILES string of the molecule is CCCCn1c2c(cc(C(=O)NCc3cc(Cl)ccc3Cl)c1=O)CCCC2. The highest BCUT2D eigenvalue weighted by Gasteiger charge is 2.21. The molecule has 27 heavy (non-hydrogen) atoms. The Hall–Kier alpha value is -1.78. The number of hydrogen-bond acceptors (Lipinski definition) is 2. The molecule has 144 valence electrons. The predicted molar refractivity (Wildman–Crippen MR) is 110 cm³/mol. The minimum Gasteiger partial charge on any atom is -0.348 e. The van der Waals surface area contributed by atoms with Crippen molar-refractivity contribution >= 4 is 29.1 Å². The Morgan fingerprint density at radius 3 is 2.74 bits per heavy atom. The average molecular weight is 407 g/mol. The molecular formula is C21H24Cl2N2O2. The van der Waals surface area contributed by atoms with Crippen LogP contribution < -0.4 is 10.9 Å². The van der Waals surface area contributed by atoms with Crippen molar-refractivity contribution in [3.8, 4) is 0 Å². The van der Waals surface area contributed by atoms with Gasteiger partial charge in [0, 0.05) is 28.8 Å². The zero-order valence-electron chi connectivity index (χ0n) is 15.5. The van der Waals surface area contributed by atoms with Crippen LogP contribution in [-0.2, 0) is 25.9 Å². The van der Waals surface area contributed by atoms with Gasteiger partial charge in [0.15, 0.2) is 0 Å². The van der Waals surface area contributed by atoms with Gasteiger partial charge in [-0.1, -0.05) is 36.5 Å². The smallest absolute Gasteiger partial charge is 0.263 e. The first-order valence-corrected chi connectivity index (χ1v) is 10.2. The molecule has 1 heterocycles. The summed E-state index contributed by atoms with van der Waals surface area (Å²) >= 11 is 12.2. The number of nitrogens with one attached hydrogen (secondary N) is 1. The average Bonchev–Trinajstić information content (AvgIpc) is 2.67. The lowest BCUT2D eigenvalue weighted by atomic mass is 9.94. The number of halogens is 2. The van der Waals surface area contributed by atoms with Crippen molar-refractivity contribution in [2.75, 3.05) is 0 Å². The maximum atomic E-state index is 13.0. The van der Waals surface area contributed by atoms with Gasteiger partial charge in [-0.25, -0.2) is 0 Å². The summed E-state index contributed by atoms with van der Waals surface area (Å²) in [4.78, 5) is 25.7. The van der Waals surface area contributed by atoms with Crippen molar-refractivity contribution in [2.45, 2.75) is 58.5 Å². The van der Waals surface area contributed by atoms with Crippen LogP contribution in [0.5, 0.6) is 0 Å². The van der Waals surface area contributed by atoms with E-state index in [2.05, 4.69) is 12.2 Å². The Morgan fingerprint density at radius 2 is 1.96 bits per heavy atom. The number of unbranched alkanes of at least 4 members (excludes halogenated alkanes) is 1. The fourth-order valence-electron chi connectivity index (χ4n) is 3.55. The summed E-state index contributed by atoms with van der Waals surface area (Å²) in [6.07, 6.45) is 5.95. The van der Waals surface area contributed by atoms with Crippen LogP contribution in [0, 0.1) is 0 Å². The zero-order valence-corrected chi connectivity index (χ0v) is 17.0. The highest BCUT2D eigenvalue weighted by atomic mass is 35.5. The Morgan fingerprint density at radius 1 is 1.19 bits per heavy atom. The van der Waals surface area contributed by atoms with E-state index in [1.165, 1.54) is 0 Å². The van der Waals surface area contributed by atoms with E-state index in [9.17, 15) is 9.59 Å². The number of aromatic nitrogens is 1. The number of pyridine rings is 1. The number of fused-ring (bicyclic) bond motifs is 1. The largest absolute Gasteiger partial charge is 0.348 e. The molecule has 1 aliphatic carbocycles. The molecule has 0 aliphatic heterocycles. The first kappa shape index (κ1) is 20.0. The molecule has 1 aromatic heterocycles. The van der Waals surface area contributed by atoms with Crippen molar-refractivity contribution in [3.63, 3.8) is 0 Å². The second kappa shape index (κ2) is 8.94. The molecule has 0 radical (unpaired) electrons. The topological polar surface area (TPSA) is 51.1 Å². The molecule has 1 N–H and O–H groups in total. The summed E-state index contributed by atoms with van der Waals surface area (Å²) in [5.74, 6) is -0.366. The third kappa shape index (κ3) is 4.56. The van der Waals surface area contributed by atoms with Crippen molar-refractivity contribution in [1.82, 2.24) is 9.88 Å². The van der Waals surface area contributed by atoms with Crippen LogP contribution in [-0.4, -0.2) is 10.5 Å². The molecule has 1 aliphatic rings. The molecule has 0 atom stereocenters. The molecule has 2 aromatic rings. The van der Waals surface area contributed by atoms with E-state index in [0.717, 1.165) is 55.3 Å². The van der Waals surface area contributed by atoms with Crippen molar-refractivity contribution in [1.29, 1.82) is 0 Å². The minimum absolute atomic E-state index is 0.196. The number of rotatable bonds is 6. The van der Waals surface area contributed by atoms with Gasteiger partial charge in [0.1, 0.15) is 5.56 Å². The molecule has 1 aromatic carbocycles. The van der Waals surface area contributed by atoms with E-state index < -0.39 is 0 Å². The fraction of sp³-hybridized carbons (Fsp3) is 0.429. The minimum atomic E-state index is -0.366. The zero-order chi connectivity index (χ0) is 19.4. The normalized spacial score (nSPS) is 13.3. The Bertz CT molecular complexity index is 906. The van der Waals surface area contributed by atoms with Crippen molar-refractivity contribution < 1.29 is 4.79 Å². The third-order valence-corrected chi connectivity index (χ3v) is 5.63. The summed E-state index contributed by atoms with van der Waals surface area (Å²) in [5, 5.41) is 3.91. The van der Waals surface area contributed by atoms with E-state index in [0.29, 0.717) is 16.6 Å². The highest BCUT2D eigenvalue weighted by molar-refractivity contribution is 6.33. The third-order valence-electron chi connectivity index (χ3n) is 5.03. The Kier molecular flexibility index (Phi) is 6.61. The second-order valence-corrected chi connectivity index (χ2v) is 7.81. The lowest BCUT2D eigenvalue weighted by Crippen LogP contribution is -2.35. The number of nitrogens with zero attached hydrogens (tertiary/aromatic N) is 1. The number of carbonyl (C=O) groups is 1. The second-order valence-electron chi connectivity index (χ2n) is 6.97. The summed E-state index contributed by atoms with van der Waals surface area (Å²) in [5.41, 5.74) is 2.97. The highest BCUT2D eigenvalue weighted by Crippen LogP contribution is 2.22. The Balaban J connectivity index is 1.87. The van der Waals surface area contributed by atoms with Crippen LogP contribution >= 0.6 is 23.2 Å². The van der Waals surface area contributed by atoms with Gasteiger partial charge >= 0.3 is 0 Å². The molecule has 0 fully saturated rings. The molecule has 0 bridgehead atoms. The van der Waals surface area contributed by atoms with Crippen LogP contribution in [0.2, 0.25) is 10.0 Å². The molecule has 0 saturated heterocycles. The number of benzene rings is 1. The molecule has 1 amide bonds. The molecule has 0 saturated carbocycles. The van der Waals surface area contributed by atoms with Gasteiger partial charge in [-0.2, -0.15) is 0 Å². The number of hydrogen-bond donors (Lipinski definition) is 1. The number of carbonyl (C=O) groups excluding carboxylic acids is 1. The van der Waals surface area contributed by atoms with Crippen LogP contribution in [0.15, 0.2) is 29.1 Å². The lowest BCUT2D eigenvalue weighted by molar-refractivity contribution is 0.0948. The van der Waals surface area contributed by atoms with E-state index in [-0.39, 0.29) is 23.6 Å². The van der Waals surface area contributed by atoms with Gasteiger partial charge < -0.3 is 9.88 Å². The number of aryl methyl sites for hydroxylation is 1. The monoisotopic (exact) mass is 406 g/mol. The van der Waals surface area contributed by atoms with Gasteiger partial charge in [0.05, 0.1) is 0 Å². The summed E-state index contributed by atoms with van der Waals surface area (Å²) in [6, 6.07) is 6.90. The number of amides is 1. The lowest BCUT2D eigenvalue weighted by Gasteiger charge is -2.22. The Labute approximate surface area is 169 Å². The van der Waals surface area contributed by atoms with Gasteiger partial charge in [-0.05, 0) is 67.5 Å². The summed E-state index contributed by atoms with van der Waals surface area (Å²) in [6.45, 7) is 2.99. The summed E-state index contributed by atoms with van der Waals surface area (Å²) < 4.78 is 1.82. The van der Waals surface area contributed by atoms with Gasteiger partial charge in [-0.15, -0.1) is 0 Å². The predicted octanol–water partition coefficient (Wildman–Crippen LogP) is 4.76. The van der Waals surface area contributed by atoms with Gasteiger partial charge in [-0.3, -0.25) is 9.59 Å². The molecule has 6 heteroatoms. The first-order chi connectivity index (χ1) is 13.0. The van der Waals surface area contributed by atoms with Crippen LogP contribution in [0.3, 0.4) is 0 Å². The molecule has 0 unspecified atom stereocenters. The van der Waals surface area contributed by atoms with E-state index in [4.69, 9.17) is 23.2 Å².